The predicted octanol–water partition coefficient (Wildman–Crippen LogP) is 1.34. The van der Waals surface area contributed by atoms with Gasteiger partial charge in [0.05, 0.1) is 0 Å². The Hall–Kier alpha value is -1.39. The molecular formula is C12H21N3O2. The van der Waals surface area contributed by atoms with Crippen molar-refractivity contribution in [2.45, 2.75) is 58.4 Å². The van der Waals surface area contributed by atoms with Gasteiger partial charge < -0.3 is 5.32 Å². The number of hydrazone groups is 1. The van der Waals surface area contributed by atoms with E-state index in [1.54, 1.807) is 0 Å². The maximum atomic E-state index is 12.0. The smallest absolute Gasteiger partial charge is 0.267 e. The van der Waals surface area contributed by atoms with Gasteiger partial charge in [0.15, 0.2) is 0 Å². The van der Waals surface area contributed by atoms with Crippen LogP contribution in [-0.2, 0) is 9.59 Å². The second-order valence-electron chi connectivity index (χ2n) is 4.39. The Bertz CT molecular complexity index is 324. The minimum Gasteiger partial charge on any atom is -0.346 e. The molecule has 0 saturated carbocycles. The molecule has 0 atom stereocenters. The molecule has 17 heavy (non-hydrogen) atoms. The second-order valence-corrected chi connectivity index (χ2v) is 4.39. The first-order chi connectivity index (χ1) is 8.06. The molecule has 1 rings (SSSR count). The Balaban J connectivity index is 2.68. The number of nitrogens with zero attached hydrogens (tertiary/aromatic N) is 1. The van der Waals surface area contributed by atoms with Crippen LogP contribution in [0.4, 0.5) is 0 Å². The Kier molecular flexibility index (Phi) is 4.66. The van der Waals surface area contributed by atoms with Crippen LogP contribution in [0, 0.1) is 0 Å². The Morgan fingerprint density at radius 3 is 2.29 bits per heavy atom. The summed E-state index contributed by atoms with van der Waals surface area (Å²) in [6, 6.07) is 0. The summed E-state index contributed by atoms with van der Waals surface area (Å²) in [4.78, 5) is 22.9. The molecule has 0 unspecified atom stereocenters. The minimum absolute atomic E-state index is 0.130. The molecule has 96 valence electrons. The van der Waals surface area contributed by atoms with Gasteiger partial charge in [0, 0.05) is 18.4 Å². The standard InChI is InChI=1S/C12H21N3O2/c1-4-12(5-2,6-3)13-11(17)9-7-8-10(16)15-14-9/h4-8H2,1-3H3,(H,13,17)(H,15,16). The van der Waals surface area contributed by atoms with Crippen LogP contribution < -0.4 is 10.7 Å². The third kappa shape index (κ3) is 3.28. The van der Waals surface area contributed by atoms with Gasteiger partial charge in [-0.1, -0.05) is 20.8 Å². The van der Waals surface area contributed by atoms with E-state index in [0.29, 0.717) is 18.6 Å². The van der Waals surface area contributed by atoms with Crippen LogP contribution in [0.2, 0.25) is 0 Å². The van der Waals surface area contributed by atoms with Crippen molar-refractivity contribution in [3.63, 3.8) is 0 Å². The summed E-state index contributed by atoms with van der Waals surface area (Å²) >= 11 is 0. The molecule has 5 heteroatoms. The lowest BCUT2D eigenvalue weighted by Crippen LogP contribution is -2.50. The highest BCUT2D eigenvalue weighted by Gasteiger charge is 2.28. The van der Waals surface area contributed by atoms with Crippen molar-refractivity contribution in [2.24, 2.45) is 5.10 Å². The molecule has 0 aromatic carbocycles. The number of hydrogen-bond donors (Lipinski definition) is 2. The number of nitrogens with one attached hydrogen (secondary N) is 2. The van der Waals surface area contributed by atoms with Crippen LogP contribution in [0.1, 0.15) is 52.9 Å². The van der Waals surface area contributed by atoms with Crippen LogP contribution in [0.15, 0.2) is 5.10 Å². The van der Waals surface area contributed by atoms with Crippen molar-refractivity contribution >= 4 is 17.5 Å². The molecule has 0 saturated heterocycles. The molecular weight excluding hydrogens is 218 g/mol. The average molecular weight is 239 g/mol. The molecule has 1 heterocycles. The van der Waals surface area contributed by atoms with E-state index in [0.717, 1.165) is 19.3 Å². The summed E-state index contributed by atoms with van der Waals surface area (Å²) in [5.74, 6) is -0.287. The van der Waals surface area contributed by atoms with Gasteiger partial charge in [-0.2, -0.15) is 5.10 Å². The van der Waals surface area contributed by atoms with Crippen molar-refractivity contribution < 1.29 is 9.59 Å². The first kappa shape index (κ1) is 13.7. The number of carbonyl (C=O) groups excluding carboxylic acids is 2. The Morgan fingerprint density at radius 2 is 1.88 bits per heavy atom. The highest BCUT2D eigenvalue weighted by atomic mass is 16.2. The number of rotatable bonds is 5. The lowest BCUT2D eigenvalue weighted by Gasteiger charge is -2.32. The molecule has 2 N–H and O–H groups in total. The number of hydrogen-bond acceptors (Lipinski definition) is 3. The van der Waals surface area contributed by atoms with Crippen molar-refractivity contribution in [1.82, 2.24) is 10.7 Å². The molecule has 0 aromatic heterocycles. The van der Waals surface area contributed by atoms with Gasteiger partial charge in [0.1, 0.15) is 5.71 Å². The van der Waals surface area contributed by atoms with E-state index in [4.69, 9.17) is 0 Å². The minimum atomic E-state index is -0.157. The molecule has 0 aromatic rings. The van der Waals surface area contributed by atoms with Crippen LogP contribution >= 0.6 is 0 Å². The van der Waals surface area contributed by atoms with Crippen LogP contribution in [0.25, 0.3) is 0 Å². The zero-order valence-corrected chi connectivity index (χ0v) is 10.8. The van der Waals surface area contributed by atoms with Crippen molar-refractivity contribution in [1.29, 1.82) is 0 Å². The lowest BCUT2D eigenvalue weighted by atomic mass is 9.89. The quantitative estimate of drug-likeness (QED) is 0.760. The van der Waals surface area contributed by atoms with E-state index in [1.807, 2.05) is 0 Å². The molecule has 5 nitrogen and oxygen atoms in total. The Morgan fingerprint density at radius 1 is 1.29 bits per heavy atom. The second kappa shape index (κ2) is 5.80. The summed E-state index contributed by atoms with van der Waals surface area (Å²) < 4.78 is 0. The largest absolute Gasteiger partial charge is 0.346 e. The Labute approximate surface area is 102 Å². The van der Waals surface area contributed by atoms with E-state index in [2.05, 4.69) is 36.6 Å². The molecule has 0 radical (unpaired) electrons. The molecule has 2 amide bonds. The normalized spacial score (nSPS) is 16.2. The van der Waals surface area contributed by atoms with Crippen LogP contribution in [-0.4, -0.2) is 23.1 Å². The van der Waals surface area contributed by atoms with E-state index < -0.39 is 0 Å². The summed E-state index contributed by atoms with van der Waals surface area (Å²) in [5.41, 5.74) is 2.61. The first-order valence-corrected chi connectivity index (χ1v) is 6.24. The predicted molar refractivity (Wildman–Crippen MR) is 66.6 cm³/mol. The first-order valence-electron chi connectivity index (χ1n) is 6.24. The van der Waals surface area contributed by atoms with Crippen molar-refractivity contribution in [2.75, 3.05) is 0 Å². The molecule has 0 spiro atoms. The van der Waals surface area contributed by atoms with Gasteiger partial charge in [0.25, 0.3) is 5.91 Å². The maximum absolute atomic E-state index is 12.0. The van der Waals surface area contributed by atoms with E-state index >= 15 is 0 Å². The molecule has 1 aliphatic rings. The summed E-state index contributed by atoms with van der Waals surface area (Å²) in [7, 11) is 0. The summed E-state index contributed by atoms with van der Waals surface area (Å²) in [6.07, 6.45) is 3.44. The monoisotopic (exact) mass is 239 g/mol. The van der Waals surface area contributed by atoms with E-state index in [9.17, 15) is 9.59 Å². The van der Waals surface area contributed by atoms with Crippen molar-refractivity contribution in [3.8, 4) is 0 Å². The molecule has 0 aliphatic carbocycles. The van der Waals surface area contributed by atoms with Gasteiger partial charge in [-0.25, -0.2) is 5.43 Å². The van der Waals surface area contributed by atoms with E-state index in [1.165, 1.54) is 0 Å². The van der Waals surface area contributed by atoms with Gasteiger partial charge in [-0.05, 0) is 19.3 Å². The van der Waals surface area contributed by atoms with Gasteiger partial charge >= 0.3 is 0 Å². The summed E-state index contributed by atoms with van der Waals surface area (Å²) in [6.45, 7) is 6.20. The zero-order chi connectivity index (χ0) is 12.9. The SMILES string of the molecule is CCC(CC)(CC)NC(=O)C1=NNC(=O)CC1. The fourth-order valence-corrected chi connectivity index (χ4v) is 1.97. The average Bonchev–Trinajstić information content (AvgIpc) is 2.37. The lowest BCUT2D eigenvalue weighted by molar-refractivity contribution is -0.121. The fourth-order valence-electron chi connectivity index (χ4n) is 1.97. The van der Waals surface area contributed by atoms with Gasteiger partial charge in [0.2, 0.25) is 5.91 Å². The molecule has 1 aliphatic heterocycles. The fraction of sp³-hybridized carbons (Fsp3) is 0.750. The third-order valence-corrected chi connectivity index (χ3v) is 3.58. The zero-order valence-electron chi connectivity index (χ0n) is 10.8. The van der Waals surface area contributed by atoms with Gasteiger partial charge in [-0.3, -0.25) is 9.59 Å². The maximum Gasteiger partial charge on any atom is 0.267 e. The van der Waals surface area contributed by atoms with Gasteiger partial charge in [-0.15, -0.1) is 0 Å². The van der Waals surface area contributed by atoms with Crippen LogP contribution in [0.3, 0.4) is 0 Å². The number of amides is 2. The molecule has 0 fully saturated rings. The van der Waals surface area contributed by atoms with Crippen molar-refractivity contribution in [3.05, 3.63) is 0 Å². The summed E-state index contributed by atoms with van der Waals surface area (Å²) in [5, 5.41) is 6.85. The van der Waals surface area contributed by atoms with E-state index in [-0.39, 0.29) is 17.4 Å². The molecule has 0 bridgehead atoms. The number of carbonyl (C=O) groups is 2. The van der Waals surface area contributed by atoms with Crippen LogP contribution in [0.5, 0.6) is 0 Å². The highest BCUT2D eigenvalue weighted by molar-refractivity contribution is 6.39. The third-order valence-electron chi connectivity index (χ3n) is 3.58. The topological polar surface area (TPSA) is 70.6 Å². The highest BCUT2D eigenvalue weighted by Crippen LogP contribution is 2.19.